The summed E-state index contributed by atoms with van der Waals surface area (Å²) < 4.78 is 1.89. The van der Waals surface area contributed by atoms with Crippen LogP contribution in [0.3, 0.4) is 0 Å². The number of imidazole rings is 1. The number of hydrogen-bond donors (Lipinski definition) is 2. The Morgan fingerprint density at radius 3 is 2.60 bits per heavy atom. The number of carbonyl (C=O) groups excluding carboxylic acids is 2. The molecule has 4 rings (SSSR count). The number of nitrogens with zero attached hydrogens (tertiary/aromatic N) is 2. The maximum atomic E-state index is 10.8. The van der Waals surface area contributed by atoms with E-state index < -0.39 is 0 Å². The normalized spacial score (nSPS) is 10.7. The number of H-pyrrole nitrogens is 1. The van der Waals surface area contributed by atoms with Gasteiger partial charge >= 0.3 is 0 Å². The van der Waals surface area contributed by atoms with Crippen molar-refractivity contribution in [1.29, 1.82) is 0 Å². The summed E-state index contributed by atoms with van der Waals surface area (Å²) in [5.41, 5.74) is 4.76. The zero-order valence-corrected chi connectivity index (χ0v) is 13.1. The van der Waals surface area contributed by atoms with Crippen LogP contribution in [0.25, 0.3) is 28.1 Å². The second-order valence-electron chi connectivity index (χ2n) is 5.57. The number of benzene rings is 2. The first-order valence-electron chi connectivity index (χ1n) is 7.71. The quantitative estimate of drug-likeness (QED) is 0.550. The first-order chi connectivity index (χ1) is 12.3. The Hall–Kier alpha value is -3.67. The highest BCUT2D eigenvalue weighted by atomic mass is 16.1. The topological polar surface area (TPSA) is 79.8 Å². The highest BCUT2D eigenvalue weighted by Gasteiger charge is 2.09. The van der Waals surface area contributed by atoms with Gasteiger partial charge in [0.05, 0.1) is 11.2 Å². The van der Waals surface area contributed by atoms with Crippen LogP contribution in [0.4, 0.5) is 5.69 Å². The number of amides is 1. The number of aldehydes is 1. The molecule has 6 nitrogen and oxygen atoms in total. The zero-order chi connectivity index (χ0) is 17.2. The third-order valence-electron chi connectivity index (χ3n) is 4.02. The molecule has 0 saturated carbocycles. The molecule has 2 aromatic heterocycles. The molecule has 2 heterocycles. The number of carbonyl (C=O) groups is 2. The highest BCUT2D eigenvalue weighted by Crippen LogP contribution is 2.26. The molecule has 0 unspecified atom stereocenters. The van der Waals surface area contributed by atoms with Crippen LogP contribution in [0, 0.1) is 0 Å². The largest absolute Gasteiger partial charge is 0.338 e. The van der Waals surface area contributed by atoms with Crippen LogP contribution in [-0.4, -0.2) is 27.2 Å². The standard InChI is InChI=1S/C19H14N4O2/c24-11-13-8-9-23(10-13)15-6-4-14(5-7-15)19-21-17-3-1-2-16(20-12-25)18(17)22-19/h1-12H,(H,20,25)(H,21,22). The molecule has 0 aliphatic carbocycles. The molecule has 2 N–H and O–H groups in total. The van der Waals surface area contributed by atoms with E-state index in [1.165, 1.54) is 0 Å². The summed E-state index contributed by atoms with van der Waals surface area (Å²) in [6.45, 7) is 0. The Labute approximate surface area is 143 Å². The molecule has 0 atom stereocenters. The Kier molecular flexibility index (Phi) is 3.63. The number of hydrogen-bond acceptors (Lipinski definition) is 3. The van der Waals surface area contributed by atoms with Gasteiger partial charge in [-0.1, -0.05) is 6.07 Å². The van der Waals surface area contributed by atoms with E-state index in [1.807, 2.05) is 47.2 Å². The van der Waals surface area contributed by atoms with Crippen molar-refractivity contribution in [3.8, 4) is 17.1 Å². The Morgan fingerprint density at radius 1 is 1.04 bits per heavy atom. The van der Waals surface area contributed by atoms with Gasteiger partial charge < -0.3 is 14.9 Å². The molecule has 4 aromatic rings. The van der Waals surface area contributed by atoms with Crippen molar-refractivity contribution in [1.82, 2.24) is 14.5 Å². The van der Waals surface area contributed by atoms with Crippen LogP contribution in [-0.2, 0) is 4.79 Å². The van der Waals surface area contributed by atoms with Crippen molar-refractivity contribution in [3.05, 3.63) is 66.5 Å². The number of fused-ring (bicyclic) bond motifs is 1. The SMILES string of the molecule is O=CNc1cccc2[nH]c(-c3ccc(-n4ccc(C=O)c4)cc3)nc12. The number of para-hydroxylation sites is 1. The van der Waals surface area contributed by atoms with Crippen molar-refractivity contribution in [2.45, 2.75) is 0 Å². The number of aromatic nitrogens is 3. The maximum absolute atomic E-state index is 10.8. The van der Waals surface area contributed by atoms with Gasteiger partial charge in [0.25, 0.3) is 0 Å². The van der Waals surface area contributed by atoms with E-state index in [9.17, 15) is 9.59 Å². The van der Waals surface area contributed by atoms with E-state index in [1.54, 1.807) is 18.3 Å². The minimum atomic E-state index is 0.636. The fourth-order valence-electron chi connectivity index (χ4n) is 2.78. The fourth-order valence-corrected chi connectivity index (χ4v) is 2.78. The maximum Gasteiger partial charge on any atom is 0.211 e. The monoisotopic (exact) mass is 330 g/mol. The lowest BCUT2D eigenvalue weighted by atomic mass is 10.2. The van der Waals surface area contributed by atoms with E-state index in [0.29, 0.717) is 17.7 Å². The average Bonchev–Trinajstić information content (AvgIpc) is 3.29. The van der Waals surface area contributed by atoms with Crippen molar-refractivity contribution < 1.29 is 9.59 Å². The van der Waals surface area contributed by atoms with Crippen molar-refractivity contribution in [3.63, 3.8) is 0 Å². The van der Waals surface area contributed by atoms with Gasteiger partial charge in [0.2, 0.25) is 6.41 Å². The van der Waals surface area contributed by atoms with Crippen LogP contribution in [0.1, 0.15) is 10.4 Å². The first kappa shape index (κ1) is 14.9. The molecule has 0 saturated heterocycles. The second kappa shape index (κ2) is 6.09. The zero-order valence-electron chi connectivity index (χ0n) is 13.1. The van der Waals surface area contributed by atoms with Gasteiger partial charge in [-0.15, -0.1) is 0 Å². The van der Waals surface area contributed by atoms with Gasteiger partial charge in [0.15, 0.2) is 6.29 Å². The van der Waals surface area contributed by atoms with Gasteiger partial charge in [0, 0.05) is 29.2 Å². The minimum absolute atomic E-state index is 0.636. The molecule has 2 aromatic carbocycles. The van der Waals surface area contributed by atoms with Gasteiger partial charge in [-0.3, -0.25) is 9.59 Å². The third-order valence-corrected chi connectivity index (χ3v) is 4.02. The summed E-state index contributed by atoms with van der Waals surface area (Å²) in [7, 11) is 0. The molecule has 0 radical (unpaired) electrons. The van der Waals surface area contributed by atoms with E-state index in [2.05, 4.69) is 15.3 Å². The molecule has 0 aliphatic heterocycles. The van der Waals surface area contributed by atoms with E-state index in [-0.39, 0.29) is 0 Å². The van der Waals surface area contributed by atoms with Gasteiger partial charge in [-0.05, 0) is 42.5 Å². The second-order valence-corrected chi connectivity index (χ2v) is 5.57. The summed E-state index contributed by atoms with van der Waals surface area (Å²) in [4.78, 5) is 29.4. The van der Waals surface area contributed by atoms with Crippen LogP contribution in [0.5, 0.6) is 0 Å². The molecule has 25 heavy (non-hydrogen) atoms. The van der Waals surface area contributed by atoms with E-state index in [4.69, 9.17) is 0 Å². The first-order valence-corrected chi connectivity index (χ1v) is 7.71. The Morgan fingerprint density at radius 2 is 1.88 bits per heavy atom. The summed E-state index contributed by atoms with van der Waals surface area (Å²) in [5.74, 6) is 0.725. The van der Waals surface area contributed by atoms with Crippen LogP contribution < -0.4 is 5.32 Å². The lowest BCUT2D eigenvalue weighted by Gasteiger charge is -2.03. The molecule has 6 heteroatoms. The number of nitrogens with one attached hydrogen (secondary N) is 2. The summed E-state index contributed by atoms with van der Waals surface area (Å²) in [6.07, 6.45) is 5.09. The van der Waals surface area contributed by atoms with Crippen molar-refractivity contribution >= 4 is 29.4 Å². The summed E-state index contributed by atoms with van der Waals surface area (Å²) in [5, 5.41) is 2.66. The van der Waals surface area contributed by atoms with Gasteiger partial charge in [0.1, 0.15) is 11.3 Å². The lowest BCUT2D eigenvalue weighted by molar-refractivity contribution is -0.105. The fraction of sp³-hybridized carbons (Fsp3) is 0. The van der Waals surface area contributed by atoms with Gasteiger partial charge in [-0.2, -0.15) is 0 Å². The summed E-state index contributed by atoms with van der Waals surface area (Å²) in [6, 6.07) is 15.2. The third kappa shape index (κ3) is 2.70. The molecular formula is C19H14N4O2. The van der Waals surface area contributed by atoms with E-state index >= 15 is 0 Å². The predicted molar refractivity (Wildman–Crippen MR) is 95.9 cm³/mol. The van der Waals surface area contributed by atoms with Crippen LogP contribution in [0.2, 0.25) is 0 Å². The highest BCUT2D eigenvalue weighted by molar-refractivity contribution is 5.94. The Bertz CT molecular complexity index is 1060. The van der Waals surface area contributed by atoms with Gasteiger partial charge in [-0.25, -0.2) is 4.98 Å². The molecule has 0 bridgehead atoms. The number of rotatable bonds is 5. The van der Waals surface area contributed by atoms with E-state index in [0.717, 1.165) is 34.4 Å². The molecule has 1 amide bonds. The molecule has 0 aliphatic rings. The molecule has 0 fully saturated rings. The van der Waals surface area contributed by atoms with Crippen LogP contribution in [0.15, 0.2) is 60.9 Å². The average molecular weight is 330 g/mol. The smallest absolute Gasteiger partial charge is 0.211 e. The van der Waals surface area contributed by atoms with Crippen molar-refractivity contribution in [2.24, 2.45) is 0 Å². The molecule has 0 spiro atoms. The molecular weight excluding hydrogens is 316 g/mol. The number of aromatic amines is 1. The predicted octanol–water partition coefficient (Wildman–Crippen LogP) is 3.40. The van der Waals surface area contributed by atoms with Crippen molar-refractivity contribution in [2.75, 3.05) is 5.32 Å². The number of anilines is 1. The lowest BCUT2D eigenvalue weighted by Crippen LogP contribution is -1.94. The molecule has 122 valence electrons. The summed E-state index contributed by atoms with van der Waals surface area (Å²) >= 11 is 0. The minimum Gasteiger partial charge on any atom is -0.338 e. The Balaban J connectivity index is 1.70. The van der Waals surface area contributed by atoms with Crippen LogP contribution >= 0.6 is 0 Å².